The molecule has 1 saturated carbocycles. The number of anilines is 1. The van der Waals surface area contributed by atoms with E-state index < -0.39 is 15.8 Å². The highest BCUT2D eigenvalue weighted by Crippen LogP contribution is 2.33. The van der Waals surface area contributed by atoms with Crippen LogP contribution in [0.2, 0.25) is 0 Å². The van der Waals surface area contributed by atoms with Gasteiger partial charge in [0.1, 0.15) is 6.54 Å². The molecule has 1 aliphatic carbocycles. The number of hydrogen-bond donors (Lipinski definition) is 1. The highest BCUT2D eigenvalue weighted by atomic mass is 32.2. The summed E-state index contributed by atoms with van der Waals surface area (Å²) in [5.74, 6) is -0.463. The molecule has 1 fully saturated rings. The minimum Gasteiger partial charge on any atom is -0.480 e. The standard InChI is InChI=1S/C14H19NO4S/c1-2-20(18,19)13-6-4-3-5-12(13)15(10-14(16)17)9-11-7-8-11/h3-6,11H,2,7-10H2,1H3,(H,16,17). The van der Waals surface area contributed by atoms with E-state index in [0.717, 1.165) is 12.8 Å². The van der Waals surface area contributed by atoms with Crippen molar-refractivity contribution in [3.05, 3.63) is 24.3 Å². The number of sulfone groups is 1. The van der Waals surface area contributed by atoms with Crippen molar-refractivity contribution in [2.75, 3.05) is 23.7 Å². The molecule has 2 rings (SSSR count). The van der Waals surface area contributed by atoms with Crippen LogP contribution in [0.3, 0.4) is 0 Å². The number of hydrogen-bond acceptors (Lipinski definition) is 4. The molecule has 0 aliphatic heterocycles. The fourth-order valence-corrected chi connectivity index (χ4v) is 3.27. The zero-order chi connectivity index (χ0) is 14.8. The zero-order valence-electron chi connectivity index (χ0n) is 11.4. The van der Waals surface area contributed by atoms with E-state index in [1.165, 1.54) is 0 Å². The quantitative estimate of drug-likeness (QED) is 0.830. The normalized spacial score (nSPS) is 15.1. The fraction of sp³-hybridized carbons (Fsp3) is 0.500. The Labute approximate surface area is 119 Å². The Kier molecular flexibility index (Phi) is 4.32. The Hall–Kier alpha value is -1.56. The molecule has 20 heavy (non-hydrogen) atoms. The number of carboxylic acid groups (broad SMARTS) is 1. The number of benzene rings is 1. The van der Waals surface area contributed by atoms with Crippen LogP contribution in [0, 0.1) is 5.92 Å². The van der Waals surface area contributed by atoms with E-state index in [2.05, 4.69) is 0 Å². The molecule has 1 N–H and O–H groups in total. The number of nitrogens with zero attached hydrogens (tertiary/aromatic N) is 1. The smallest absolute Gasteiger partial charge is 0.323 e. The molecule has 0 spiro atoms. The van der Waals surface area contributed by atoms with Crippen molar-refractivity contribution in [3.8, 4) is 0 Å². The van der Waals surface area contributed by atoms with Crippen LogP contribution in [0.4, 0.5) is 5.69 Å². The number of carboxylic acids is 1. The van der Waals surface area contributed by atoms with Gasteiger partial charge in [-0.05, 0) is 30.9 Å². The maximum absolute atomic E-state index is 12.1. The Morgan fingerprint density at radius 1 is 1.35 bits per heavy atom. The molecule has 1 aliphatic rings. The highest BCUT2D eigenvalue weighted by molar-refractivity contribution is 7.91. The van der Waals surface area contributed by atoms with Gasteiger partial charge in [-0.2, -0.15) is 0 Å². The Bertz CT molecular complexity index is 593. The molecule has 0 unspecified atom stereocenters. The van der Waals surface area contributed by atoms with Gasteiger partial charge in [0.15, 0.2) is 9.84 Å². The molecule has 0 atom stereocenters. The van der Waals surface area contributed by atoms with E-state index in [9.17, 15) is 13.2 Å². The van der Waals surface area contributed by atoms with Crippen LogP contribution in [0.1, 0.15) is 19.8 Å². The summed E-state index contributed by atoms with van der Waals surface area (Å²) in [4.78, 5) is 12.9. The van der Waals surface area contributed by atoms with E-state index in [0.29, 0.717) is 18.2 Å². The van der Waals surface area contributed by atoms with Gasteiger partial charge in [-0.3, -0.25) is 4.79 Å². The Morgan fingerprint density at radius 2 is 2.00 bits per heavy atom. The average Bonchev–Trinajstić information content (AvgIpc) is 3.21. The first-order valence-electron chi connectivity index (χ1n) is 6.72. The second kappa shape index (κ2) is 5.83. The minimum absolute atomic E-state index is 0.00829. The maximum atomic E-state index is 12.1. The van der Waals surface area contributed by atoms with Crippen molar-refractivity contribution in [3.63, 3.8) is 0 Å². The first-order valence-corrected chi connectivity index (χ1v) is 8.37. The van der Waals surface area contributed by atoms with Crippen LogP contribution < -0.4 is 4.90 Å². The van der Waals surface area contributed by atoms with E-state index >= 15 is 0 Å². The summed E-state index contributed by atoms with van der Waals surface area (Å²) in [5.41, 5.74) is 0.503. The van der Waals surface area contributed by atoms with Gasteiger partial charge in [0.05, 0.1) is 16.3 Å². The second-order valence-corrected chi connectivity index (χ2v) is 7.34. The summed E-state index contributed by atoms with van der Waals surface area (Å²) in [5, 5.41) is 9.04. The first-order chi connectivity index (χ1) is 9.44. The molecular weight excluding hydrogens is 278 g/mol. The van der Waals surface area contributed by atoms with Crippen LogP contribution in [0.5, 0.6) is 0 Å². The van der Waals surface area contributed by atoms with Gasteiger partial charge < -0.3 is 10.0 Å². The monoisotopic (exact) mass is 297 g/mol. The van der Waals surface area contributed by atoms with Gasteiger partial charge in [-0.15, -0.1) is 0 Å². The van der Waals surface area contributed by atoms with Gasteiger partial charge in [0, 0.05) is 6.54 Å². The molecule has 110 valence electrons. The lowest BCUT2D eigenvalue weighted by molar-refractivity contribution is -0.135. The van der Waals surface area contributed by atoms with Crippen molar-refractivity contribution in [2.45, 2.75) is 24.7 Å². The molecule has 0 heterocycles. The summed E-state index contributed by atoms with van der Waals surface area (Å²) < 4.78 is 24.3. The van der Waals surface area contributed by atoms with Gasteiger partial charge in [0.2, 0.25) is 0 Å². The van der Waals surface area contributed by atoms with E-state index in [4.69, 9.17) is 5.11 Å². The van der Waals surface area contributed by atoms with Crippen LogP contribution in [-0.2, 0) is 14.6 Å². The van der Waals surface area contributed by atoms with Gasteiger partial charge in [0.25, 0.3) is 0 Å². The summed E-state index contributed by atoms with van der Waals surface area (Å²) in [6.45, 7) is 2.02. The van der Waals surface area contributed by atoms with Crippen molar-refractivity contribution in [1.82, 2.24) is 0 Å². The number of para-hydroxylation sites is 1. The molecule has 0 aromatic heterocycles. The largest absolute Gasteiger partial charge is 0.480 e. The first kappa shape index (κ1) is 14.8. The third kappa shape index (κ3) is 3.50. The Balaban J connectivity index is 2.38. The van der Waals surface area contributed by atoms with Gasteiger partial charge >= 0.3 is 5.97 Å². The summed E-state index contributed by atoms with van der Waals surface area (Å²) in [6.07, 6.45) is 2.16. The summed E-state index contributed by atoms with van der Waals surface area (Å²) in [7, 11) is -3.36. The SMILES string of the molecule is CCS(=O)(=O)c1ccccc1N(CC(=O)O)CC1CC1. The average molecular weight is 297 g/mol. The van der Waals surface area contributed by atoms with Crippen LogP contribution in [-0.4, -0.2) is 38.3 Å². The maximum Gasteiger partial charge on any atom is 0.323 e. The predicted molar refractivity (Wildman–Crippen MR) is 76.7 cm³/mol. The highest BCUT2D eigenvalue weighted by Gasteiger charge is 2.28. The third-order valence-electron chi connectivity index (χ3n) is 3.42. The zero-order valence-corrected chi connectivity index (χ0v) is 12.3. The molecule has 0 amide bonds. The van der Waals surface area contributed by atoms with Gasteiger partial charge in [-0.25, -0.2) is 8.42 Å². The van der Waals surface area contributed by atoms with Crippen LogP contribution in [0.25, 0.3) is 0 Å². The third-order valence-corrected chi connectivity index (χ3v) is 5.20. The molecule has 1 aromatic rings. The second-order valence-electron chi connectivity index (χ2n) is 5.09. The van der Waals surface area contributed by atoms with E-state index in [1.807, 2.05) is 0 Å². The Morgan fingerprint density at radius 3 is 2.55 bits per heavy atom. The molecule has 0 bridgehead atoms. The van der Waals surface area contributed by atoms with Gasteiger partial charge in [-0.1, -0.05) is 19.1 Å². The lowest BCUT2D eigenvalue weighted by atomic mass is 10.2. The summed E-state index contributed by atoms with van der Waals surface area (Å²) >= 11 is 0. The molecule has 5 nitrogen and oxygen atoms in total. The van der Waals surface area contributed by atoms with E-state index in [1.54, 1.807) is 36.1 Å². The number of aliphatic carboxylic acids is 1. The van der Waals surface area contributed by atoms with Crippen molar-refractivity contribution < 1.29 is 18.3 Å². The lowest BCUT2D eigenvalue weighted by Crippen LogP contribution is -2.32. The summed E-state index contributed by atoms with van der Waals surface area (Å²) in [6, 6.07) is 6.65. The number of rotatable bonds is 7. The van der Waals surface area contributed by atoms with Crippen molar-refractivity contribution in [1.29, 1.82) is 0 Å². The molecule has 0 radical (unpaired) electrons. The lowest BCUT2D eigenvalue weighted by Gasteiger charge is -2.25. The molecule has 0 saturated heterocycles. The molecule has 1 aromatic carbocycles. The van der Waals surface area contributed by atoms with Crippen molar-refractivity contribution in [2.24, 2.45) is 5.92 Å². The topological polar surface area (TPSA) is 74.7 Å². The fourth-order valence-electron chi connectivity index (χ4n) is 2.16. The number of carbonyl (C=O) groups is 1. The minimum atomic E-state index is -3.36. The van der Waals surface area contributed by atoms with E-state index in [-0.39, 0.29) is 17.2 Å². The van der Waals surface area contributed by atoms with Crippen molar-refractivity contribution >= 4 is 21.5 Å². The molecule has 6 heteroatoms. The predicted octanol–water partition coefficient (Wildman–Crippen LogP) is 1.78. The molecular formula is C14H19NO4S. The van der Waals surface area contributed by atoms with Crippen LogP contribution >= 0.6 is 0 Å². The van der Waals surface area contributed by atoms with Crippen LogP contribution in [0.15, 0.2) is 29.2 Å².